The molecule has 0 saturated heterocycles. The van der Waals surface area contributed by atoms with Crippen LogP contribution in [0.4, 0.5) is 8.78 Å². The van der Waals surface area contributed by atoms with E-state index in [1.165, 1.54) is 6.20 Å². The highest BCUT2D eigenvalue weighted by atomic mass is 19.3. The van der Waals surface area contributed by atoms with Crippen molar-refractivity contribution in [2.24, 2.45) is 11.8 Å². The molecule has 1 aromatic rings. The second-order valence-electron chi connectivity index (χ2n) is 3.83. The minimum atomic E-state index is -2.93. The molecule has 2 N–H and O–H groups in total. The van der Waals surface area contributed by atoms with Crippen LogP contribution in [0.2, 0.25) is 0 Å². The largest absolute Gasteiger partial charge is 0.396 e. The minimum absolute atomic E-state index is 0.201. The van der Waals surface area contributed by atoms with Crippen molar-refractivity contribution in [3.8, 4) is 0 Å². The van der Waals surface area contributed by atoms with Gasteiger partial charge in [-0.15, -0.1) is 0 Å². The first kappa shape index (κ1) is 11.0. The standard InChI is InChI=1S/C9H10F2N2O3/c10-9(11)5(6(9)4-14)3-13-2-1-7(15)12-8(13)16/h1-2,5-6,14H,3-4H2,(H,12,15,16). The van der Waals surface area contributed by atoms with Gasteiger partial charge in [0.1, 0.15) is 0 Å². The molecular weight excluding hydrogens is 222 g/mol. The normalized spacial score (nSPS) is 26.7. The van der Waals surface area contributed by atoms with E-state index in [4.69, 9.17) is 5.11 Å². The summed E-state index contributed by atoms with van der Waals surface area (Å²) in [5.74, 6) is -5.06. The smallest absolute Gasteiger partial charge is 0.328 e. The lowest BCUT2D eigenvalue weighted by molar-refractivity contribution is 0.0701. The van der Waals surface area contributed by atoms with E-state index in [0.717, 1.165) is 10.6 Å². The Kier molecular flexibility index (Phi) is 2.42. The highest BCUT2D eigenvalue weighted by Gasteiger charge is 2.67. The molecule has 5 nitrogen and oxygen atoms in total. The van der Waals surface area contributed by atoms with Gasteiger partial charge in [0, 0.05) is 18.8 Å². The maximum absolute atomic E-state index is 13.0. The Morgan fingerprint density at radius 1 is 1.44 bits per heavy atom. The van der Waals surface area contributed by atoms with Crippen molar-refractivity contribution in [1.29, 1.82) is 0 Å². The van der Waals surface area contributed by atoms with E-state index in [-0.39, 0.29) is 6.54 Å². The van der Waals surface area contributed by atoms with Gasteiger partial charge in [-0.1, -0.05) is 0 Å². The van der Waals surface area contributed by atoms with E-state index in [9.17, 15) is 18.4 Å². The van der Waals surface area contributed by atoms with Gasteiger partial charge in [-0.2, -0.15) is 0 Å². The fourth-order valence-corrected chi connectivity index (χ4v) is 1.76. The zero-order valence-electron chi connectivity index (χ0n) is 8.19. The minimum Gasteiger partial charge on any atom is -0.396 e. The van der Waals surface area contributed by atoms with Crippen LogP contribution in [-0.2, 0) is 6.54 Å². The second-order valence-corrected chi connectivity index (χ2v) is 3.83. The summed E-state index contributed by atoms with van der Waals surface area (Å²) in [4.78, 5) is 23.9. The van der Waals surface area contributed by atoms with Gasteiger partial charge < -0.3 is 9.67 Å². The molecule has 1 aliphatic rings. The first-order valence-corrected chi connectivity index (χ1v) is 4.75. The van der Waals surface area contributed by atoms with Gasteiger partial charge >= 0.3 is 5.69 Å². The quantitative estimate of drug-likeness (QED) is 0.731. The zero-order valence-corrected chi connectivity index (χ0v) is 8.19. The van der Waals surface area contributed by atoms with Gasteiger partial charge in [0.25, 0.3) is 11.5 Å². The Bertz CT molecular complexity index is 508. The third kappa shape index (κ3) is 1.67. The number of aromatic amines is 1. The van der Waals surface area contributed by atoms with Crippen molar-refractivity contribution >= 4 is 0 Å². The predicted molar refractivity (Wildman–Crippen MR) is 50.3 cm³/mol. The lowest BCUT2D eigenvalue weighted by atomic mass is 10.3. The molecule has 16 heavy (non-hydrogen) atoms. The molecule has 1 aliphatic carbocycles. The number of aromatic nitrogens is 2. The molecule has 0 amide bonds. The van der Waals surface area contributed by atoms with E-state index < -0.39 is 35.6 Å². The summed E-state index contributed by atoms with van der Waals surface area (Å²) in [6.45, 7) is -0.802. The molecule has 7 heteroatoms. The van der Waals surface area contributed by atoms with E-state index in [1.54, 1.807) is 0 Å². The van der Waals surface area contributed by atoms with Crippen LogP contribution >= 0.6 is 0 Å². The summed E-state index contributed by atoms with van der Waals surface area (Å²) in [5.41, 5.74) is -1.28. The maximum Gasteiger partial charge on any atom is 0.328 e. The first-order chi connectivity index (χ1) is 7.46. The number of nitrogens with one attached hydrogen (secondary N) is 1. The SMILES string of the molecule is O=c1ccn(CC2C(CO)C2(F)F)c(=O)[nH]1. The number of aliphatic hydroxyl groups excluding tert-OH is 1. The van der Waals surface area contributed by atoms with Gasteiger partial charge in [0.15, 0.2) is 0 Å². The number of rotatable bonds is 3. The second kappa shape index (κ2) is 3.51. The lowest BCUT2D eigenvalue weighted by Crippen LogP contribution is -2.29. The van der Waals surface area contributed by atoms with Crippen LogP contribution in [-0.4, -0.2) is 27.2 Å². The Labute approximate surface area is 88.3 Å². The average molecular weight is 232 g/mol. The number of alkyl halides is 2. The molecule has 2 atom stereocenters. The van der Waals surface area contributed by atoms with Crippen molar-refractivity contribution in [2.45, 2.75) is 12.5 Å². The Morgan fingerprint density at radius 2 is 2.12 bits per heavy atom. The molecule has 88 valence electrons. The summed E-state index contributed by atoms with van der Waals surface area (Å²) >= 11 is 0. The fourth-order valence-electron chi connectivity index (χ4n) is 1.76. The zero-order chi connectivity index (χ0) is 11.9. The van der Waals surface area contributed by atoms with E-state index in [1.807, 2.05) is 4.98 Å². The average Bonchev–Trinajstić information content (AvgIpc) is 2.72. The third-order valence-corrected chi connectivity index (χ3v) is 2.85. The number of nitrogens with zero attached hydrogens (tertiary/aromatic N) is 1. The van der Waals surface area contributed by atoms with Crippen LogP contribution < -0.4 is 11.2 Å². The Balaban J connectivity index is 2.18. The molecule has 1 aromatic heterocycles. The molecule has 1 heterocycles. The highest BCUT2D eigenvalue weighted by molar-refractivity contribution is 5.05. The Hall–Kier alpha value is -1.50. The van der Waals surface area contributed by atoms with Crippen molar-refractivity contribution in [1.82, 2.24) is 9.55 Å². The summed E-state index contributed by atoms with van der Waals surface area (Å²) in [5, 5.41) is 8.68. The van der Waals surface area contributed by atoms with Crippen LogP contribution in [0.1, 0.15) is 0 Å². The van der Waals surface area contributed by atoms with Crippen LogP contribution in [0.15, 0.2) is 21.9 Å². The van der Waals surface area contributed by atoms with E-state index in [2.05, 4.69) is 0 Å². The molecule has 0 aliphatic heterocycles. The van der Waals surface area contributed by atoms with Crippen molar-refractivity contribution in [3.05, 3.63) is 33.1 Å². The van der Waals surface area contributed by atoms with Crippen LogP contribution in [0, 0.1) is 11.8 Å². The van der Waals surface area contributed by atoms with Gasteiger partial charge in [-0.3, -0.25) is 9.78 Å². The molecule has 2 rings (SSSR count). The maximum atomic E-state index is 13.0. The summed E-state index contributed by atoms with van der Waals surface area (Å²) in [6.07, 6.45) is 1.17. The monoisotopic (exact) mass is 232 g/mol. The van der Waals surface area contributed by atoms with Crippen LogP contribution in [0.25, 0.3) is 0 Å². The number of halogens is 2. The molecule has 0 bridgehead atoms. The van der Waals surface area contributed by atoms with Gasteiger partial charge in [0.2, 0.25) is 0 Å². The summed E-state index contributed by atoms with van der Waals surface area (Å²) in [6, 6.07) is 1.09. The number of hydrogen-bond donors (Lipinski definition) is 2. The molecule has 1 fully saturated rings. The van der Waals surface area contributed by atoms with Crippen molar-refractivity contribution in [2.75, 3.05) is 6.61 Å². The van der Waals surface area contributed by atoms with Gasteiger partial charge in [-0.05, 0) is 0 Å². The predicted octanol–water partition coefficient (Wildman–Crippen LogP) is -0.590. The molecule has 0 aromatic carbocycles. The summed E-state index contributed by atoms with van der Waals surface area (Å²) in [7, 11) is 0. The first-order valence-electron chi connectivity index (χ1n) is 4.75. The highest BCUT2D eigenvalue weighted by Crippen LogP contribution is 2.55. The molecule has 1 saturated carbocycles. The van der Waals surface area contributed by atoms with Crippen LogP contribution in [0.5, 0.6) is 0 Å². The van der Waals surface area contributed by atoms with Gasteiger partial charge in [0.05, 0.1) is 18.4 Å². The fraction of sp³-hybridized carbons (Fsp3) is 0.556. The third-order valence-electron chi connectivity index (χ3n) is 2.85. The van der Waals surface area contributed by atoms with Gasteiger partial charge in [-0.25, -0.2) is 13.6 Å². The number of hydrogen-bond acceptors (Lipinski definition) is 3. The molecular formula is C9H10F2N2O3. The molecule has 0 spiro atoms. The molecule has 2 unspecified atom stereocenters. The van der Waals surface area contributed by atoms with Crippen LogP contribution in [0.3, 0.4) is 0 Å². The van der Waals surface area contributed by atoms with E-state index >= 15 is 0 Å². The number of H-pyrrole nitrogens is 1. The molecule has 0 radical (unpaired) electrons. The van der Waals surface area contributed by atoms with Crippen molar-refractivity contribution in [3.63, 3.8) is 0 Å². The van der Waals surface area contributed by atoms with E-state index in [0.29, 0.717) is 0 Å². The topological polar surface area (TPSA) is 75.1 Å². The lowest BCUT2D eigenvalue weighted by Gasteiger charge is -2.02. The summed E-state index contributed by atoms with van der Waals surface area (Å²) < 4.78 is 27.0. The number of aliphatic hydroxyl groups is 1. The van der Waals surface area contributed by atoms with Crippen molar-refractivity contribution < 1.29 is 13.9 Å². The Morgan fingerprint density at radius 3 is 2.62 bits per heavy atom.